The van der Waals surface area contributed by atoms with Gasteiger partial charge in [0.1, 0.15) is 0 Å². The largest absolute Gasteiger partial charge is 0.388 e. The van der Waals surface area contributed by atoms with E-state index in [4.69, 9.17) is 7.10 Å². The molecule has 0 radical (unpaired) electrons. The number of rotatable bonds is 6. The van der Waals surface area contributed by atoms with E-state index in [2.05, 4.69) is 0 Å². The second kappa shape index (κ2) is 7.93. The van der Waals surface area contributed by atoms with Crippen molar-refractivity contribution in [1.82, 2.24) is 0 Å². The summed E-state index contributed by atoms with van der Waals surface area (Å²) in [7, 11) is 0. The topological polar surface area (TPSA) is 46.2 Å². The molecule has 0 spiro atoms. The highest BCUT2D eigenvalue weighted by Gasteiger charge is 2.14. The van der Waals surface area contributed by atoms with Crippen LogP contribution < -0.4 is 5.73 Å². The van der Waals surface area contributed by atoms with Crippen LogP contribution in [0.4, 0.5) is 0 Å². The lowest BCUT2D eigenvalue weighted by Crippen LogP contribution is -2.08. The fraction of sp³-hybridized carbons (Fsp3) is 0.625. The van der Waals surface area contributed by atoms with Gasteiger partial charge in [-0.2, -0.15) is 0 Å². The molecule has 1 fully saturated rings. The van der Waals surface area contributed by atoms with Crippen molar-refractivity contribution in [3.05, 3.63) is 29.8 Å². The van der Waals surface area contributed by atoms with Gasteiger partial charge in [0.15, 0.2) is 0 Å². The zero-order chi connectivity index (χ0) is 14.4. The molecule has 1 aromatic rings. The first-order valence-electron chi connectivity index (χ1n) is 7.81. The first-order valence-corrected chi connectivity index (χ1v) is 8.30. The maximum absolute atomic E-state index is 10.0. The molecule has 1 aliphatic carbocycles. The Kier molecular flexibility index (Phi) is 5.62. The van der Waals surface area contributed by atoms with Crippen molar-refractivity contribution in [3.63, 3.8) is 0 Å². The number of hydrogen-bond acceptors (Lipinski definition) is 3. The summed E-state index contributed by atoms with van der Waals surface area (Å²) in [5.41, 5.74) is 6.31. The Morgan fingerprint density at radius 1 is 1.37 bits per heavy atom. The Labute approximate surface area is 122 Å². The van der Waals surface area contributed by atoms with Crippen LogP contribution in [-0.2, 0) is 0 Å². The van der Waals surface area contributed by atoms with Crippen molar-refractivity contribution in [2.75, 3.05) is 12.3 Å². The molecule has 0 heterocycles. The van der Waals surface area contributed by atoms with Gasteiger partial charge < -0.3 is 10.8 Å². The van der Waals surface area contributed by atoms with Gasteiger partial charge in [-0.3, -0.25) is 0 Å². The molecule has 2 nitrogen and oxygen atoms in total. The van der Waals surface area contributed by atoms with E-state index >= 15 is 0 Å². The van der Waals surface area contributed by atoms with Crippen LogP contribution in [0.3, 0.4) is 0 Å². The van der Waals surface area contributed by atoms with E-state index in [1.807, 2.05) is 23.9 Å². The van der Waals surface area contributed by atoms with Crippen LogP contribution in [0.5, 0.6) is 0 Å². The van der Waals surface area contributed by atoms with Crippen molar-refractivity contribution >= 4 is 11.8 Å². The lowest BCUT2D eigenvalue weighted by Gasteiger charge is -2.21. The smallest absolute Gasteiger partial charge is 0.0802 e. The third-order valence-electron chi connectivity index (χ3n) is 3.82. The summed E-state index contributed by atoms with van der Waals surface area (Å²) < 4.78 is 7.87. The predicted octanol–water partition coefficient (Wildman–Crippen LogP) is 3.74. The van der Waals surface area contributed by atoms with Crippen LogP contribution in [0.25, 0.3) is 0 Å². The minimum Gasteiger partial charge on any atom is -0.388 e. The molecule has 1 saturated carbocycles. The molecular weight excluding hydrogens is 254 g/mol. The molecule has 1 unspecified atom stereocenters. The minimum absolute atomic E-state index is 0.466. The van der Waals surface area contributed by atoms with Crippen LogP contribution in [0.1, 0.15) is 51.6 Å². The van der Waals surface area contributed by atoms with Crippen LogP contribution in [0.2, 0.25) is 0 Å². The number of aliphatic hydroxyl groups is 1. The van der Waals surface area contributed by atoms with E-state index in [0.717, 1.165) is 22.1 Å². The molecule has 1 aliphatic rings. The molecule has 3 heteroatoms. The van der Waals surface area contributed by atoms with Gasteiger partial charge >= 0.3 is 0 Å². The second-order valence-electron chi connectivity index (χ2n) is 5.41. The van der Waals surface area contributed by atoms with Gasteiger partial charge in [-0.15, -0.1) is 11.8 Å². The summed E-state index contributed by atoms with van der Waals surface area (Å²) in [6, 6.07) is 6.13. The minimum atomic E-state index is -0.542. The van der Waals surface area contributed by atoms with Gasteiger partial charge in [-0.25, -0.2) is 0 Å². The maximum atomic E-state index is 10.0. The van der Waals surface area contributed by atoms with Crippen molar-refractivity contribution in [2.45, 2.75) is 49.5 Å². The predicted molar refractivity (Wildman–Crippen MR) is 82.4 cm³/mol. The molecule has 1 atom stereocenters. The van der Waals surface area contributed by atoms with Crippen LogP contribution >= 0.6 is 11.8 Å². The normalized spacial score (nSPS) is 19.2. The van der Waals surface area contributed by atoms with E-state index in [1.165, 1.54) is 32.1 Å². The average Bonchev–Trinajstić information content (AvgIpc) is 2.46. The highest BCUT2D eigenvalue weighted by atomic mass is 32.2. The Hall–Kier alpha value is -0.510. The zero-order valence-electron chi connectivity index (χ0n) is 12.5. The molecule has 1 aromatic carbocycles. The first kappa shape index (κ1) is 13.5. The van der Waals surface area contributed by atoms with Gasteiger partial charge in [-0.1, -0.05) is 31.4 Å². The SMILES string of the molecule is [2H]c1cc(SCC2CCCCC2)cc(C(O)CCN)c1. The molecule has 0 aromatic heterocycles. The molecule has 0 amide bonds. The summed E-state index contributed by atoms with van der Waals surface area (Å²) in [5.74, 6) is 1.95. The average molecular weight is 280 g/mol. The second-order valence-corrected chi connectivity index (χ2v) is 6.50. The first-order chi connectivity index (χ1) is 9.69. The molecule has 2 rings (SSSR count). The number of nitrogens with two attached hydrogens (primary N) is 1. The molecule has 106 valence electrons. The zero-order valence-corrected chi connectivity index (χ0v) is 12.3. The quantitative estimate of drug-likeness (QED) is 0.780. The van der Waals surface area contributed by atoms with Gasteiger partial charge in [0.05, 0.1) is 7.47 Å². The van der Waals surface area contributed by atoms with Gasteiger partial charge in [0.25, 0.3) is 0 Å². The lowest BCUT2D eigenvalue weighted by atomic mass is 9.91. The van der Waals surface area contributed by atoms with Gasteiger partial charge in [0, 0.05) is 10.6 Å². The number of aliphatic hydroxyl groups excluding tert-OH is 1. The summed E-state index contributed by atoms with van der Waals surface area (Å²) in [4.78, 5) is 1.11. The van der Waals surface area contributed by atoms with Crippen LogP contribution in [0, 0.1) is 5.92 Å². The van der Waals surface area contributed by atoms with E-state index in [9.17, 15) is 5.11 Å². The van der Waals surface area contributed by atoms with Gasteiger partial charge in [0.2, 0.25) is 0 Å². The van der Waals surface area contributed by atoms with Crippen molar-refractivity contribution in [1.29, 1.82) is 0 Å². The molecular formula is C16H25NOS. The molecule has 19 heavy (non-hydrogen) atoms. The highest BCUT2D eigenvalue weighted by Crippen LogP contribution is 2.31. The summed E-state index contributed by atoms with van der Waals surface area (Å²) in [6.45, 7) is 0.466. The van der Waals surface area contributed by atoms with Crippen molar-refractivity contribution < 1.29 is 6.48 Å². The fourth-order valence-corrected chi connectivity index (χ4v) is 3.77. The number of thioether (sulfide) groups is 1. The van der Waals surface area contributed by atoms with Gasteiger partial charge in [-0.05, 0) is 49.4 Å². The third kappa shape index (κ3) is 4.83. The van der Waals surface area contributed by atoms with E-state index < -0.39 is 6.10 Å². The lowest BCUT2D eigenvalue weighted by molar-refractivity contribution is 0.170. The summed E-state index contributed by atoms with van der Waals surface area (Å²) in [6.07, 6.45) is 6.81. The summed E-state index contributed by atoms with van der Waals surface area (Å²) >= 11 is 1.83. The molecule has 0 saturated heterocycles. The van der Waals surface area contributed by atoms with E-state index in [-0.39, 0.29) is 0 Å². The Bertz CT molecular complexity index is 421. The fourth-order valence-electron chi connectivity index (χ4n) is 2.64. The maximum Gasteiger partial charge on any atom is 0.0802 e. The third-order valence-corrected chi connectivity index (χ3v) is 5.03. The molecule has 3 N–H and O–H groups in total. The standard InChI is InChI=1S/C16H25NOS/c17-10-9-16(18)14-7-4-8-15(11-14)19-12-13-5-2-1-3-6-13/h4,7-8,11,13,16,18H,1-3,5-6,9-10,12,17H2/i4D. The van der Waals surface area contributed by atoms with Crippen LogP contribution in [-0.4, -0.2) is 17.4 Å². The Morgan fingerprint density at radius 2 is 2.16 bits per heavy atom. The highest BCUT2D eigenvalue weighted by molar-refractivity contribution is 7.99. The number of hydrogen-bond donors (Lipinski definition) is 2. The molecule has 0 aliphatic heterocycles. The Balaban J connectivity index is 1.96. The number of benzene rings is 1. The summed E-state index contributed by atoms with van der Waals surface area (Å²) in [5, 5.41) is 10.0. The molecule has 0 bridgehead atoms. The van der Waals surface area contributed by atoms with Crippen LogP contribution in [0.15, 0.2) is 29.1 Å². The van der Waals surface area contributed by atoms with E-state index in [1.54, 1.807) is 6.07 Å². The van der Waals surface area contributed by atoms with E-state index in [0.29, 0.717) is 19.0 Å². The Morgan fingerprint density at radius 3 is 2.89 bits per heavy atom. The van der Waals surface area contributed by atoms with Crippen molar-refractivity contribution in [2.24, 2.45) is 11.7 Å². The monoisotopic (exact) mass is 280 g/mol. The van der Waals surface area contributed by atoms with Crippen molar-refractivity contribution in [3.8, 4) is 0 Å².